The number of β-lactam (4-membered cyclic amide) rings is 1. The molecule has 5 rings (SSSR count). The molecule has 1 aromatic heterocycles. The Morgan fingerprint density at radius 2 is 2.03 bits per heavy atom. The minimum absolute atomic E-state index is 0.0600. The number of hydrogen-bond acceptors (Lipinski definition) is 9. The van der Waals surface area contributed by atoms with E-state index in [4.69, 9.17) is 0 Å². The Kier molecular flexibility index (Phi) is 6.41. The molecule has 14 heteroatoms. The molecular formula is C22H24N6O6S2. The van der Waals surface area contributed by atoms with Crippen LogP contribution in [0.3, 0.4) is 0 Å². The third kappa shape index (κ3) is 4.43. The number of likely N-dealkylation sites (tertiary alicyclic amines) is 1. The molecule has 0 aromatic carbocycles. The molecule has 3 amide bonds. The maximum atomic E-state index is 12.9. The van der Waals surface area contributed by atoms with Gasteiger partial charge in [0.15, 0.2) is 5.16 Å². The third-order valence-corrected chi connectivity index (χ3v) is 8.75. The van der Waals surface area contributed by atoms with E-state index in [0.29, 0.717) is 35.9 Å². The summed E-state index contributed by atoms with van der Waals surface area (Å²) in [5.41, 5.74) is 0.627. The highest BCUT2D eigenvalue weighted by Crippen LogP contribution is 2.41. The predicted octanol–water partition coefficient (Wildman–Crippen LogP) is -0.364. The number of amides is 3. The van der Waals surface area contributed by atoms with Gasteiger partial charge in [0.25, 0.3) is 11.5 Å². The number of nitrogens with one attached hydrogen (secondary N) is 1. The molecule has 2 N–H and O–H groups in total. The first-order valence-electron chi connectivity index (χ1n) is 11.4. The van der Waals surface area contributed by atoms with Gasteiger partial charge in [-0.15, -0.1) is 11.8 Å². The summed E-state index contributed by atoms with van der Waals surface area (Å²) >= 11 is 2.36. The van der Waals surface area contributed by atoms with E-state index >= 15 is 0 Å². The summed E-state index contributed by atoms with van der Waals surface area (Å²) < 4.78 is 1.40. The number of nitrogens with zero attached hydrogens (tertiary/aromatic N) is 5. The van der Waals surface area contributed by atoms with E-state index in [9.17, 15) is 29.1 Å². The molecule has 4 aliphatic rings. The van der Waals surface area contributed by atoms with Crippen LogP contribution in [-0.2, 0) is 26.2 Å². The number of rotatable bonds is 7. The maximum Gasteiger partial charge on any atom is 0.352 e. The second kappa shape index (κ2) is 9.39. The Morgan fingerprint density at radius 3 is 2.72 bits per heavy atom. The van der Waals surface area contributed by atoms with Gasteiger partial charge >= 0.3 is 5.97 Å². The highest BCUT2D eigenvalue weighted by atomic mass is 32.2. The largest absolute Gasteiger partial charge is 0.477 e. The van der Waals surface area contributed by atoms with Gasteiger partial charge in [0.05, 0.1) is 5.75 Å². The zero-order chi connectivity index (χ0) is 25.7. The van der Waals surface area contributed by atoms with Crippen LogP contribution in [0.1, 0.15) is 25.0 Å². The van der Waals surface area contributed by atoms with Crippen LogP contribution >= 0.6 is 23.5 Å². The molecule has 1 aromatic rings. The average molecular weight is 533 g/mol. The molecule has 1 saturated carbocycles. The van der Waals surface area contributed by atoms with Crippen LogP contribution in [-0.4, -0.2) is 88.9 Å². The second-order valence-electron chi connectivity index (χ2n) is 8.98. The van der Waals surface area contributed by atoms with Crippen LogP contribution in [0, 0.1) is 6.92 Å². The number of aliphatic carboxylic acids is 1. The number of carbonyl (C=O) groups is 4. The monoisotopic (exact) mass is 532 g/mol. The van der Waals surface area contributed by atoms with Crippen molar-refractivity contribution in [3.05, 3.63) is 39.0 Å². The molecule has 0 bridgehead atoms. The smallest absolute Gasteiger partial charge is 0.352 e. The Balaban J connectivity index is 1.26. The fourth-order valence-corrected chi connectivity index (χ4v) is 6.51. The van der Waals surface area contributed by atoms with Gasteiger partial charge in [-0.25, -0.2) is 9.48 Å². The quantitative estimate of drug-likeness (QED) is 0.270. The Morgan fingerprint density at radius 1 is 1.28 bits per heavy atom. The van der Waals surface area contributed by atoms with Gasteiger partial charge in [-0.1, -0.05) is 11.8 Å². The lowest BCUT2D eigenvalue weighted by molar-refractivity contribution is -0.150. The maximum absolute atomic E-state index is 12.9. The van der Waals surface area contributed by atoms with Crippen LogP contribution < -0.4 is 10.9 Å². The van der Waals surface area contributed by atoms with Gasteiger partial charge in [-0.3, -0.25) is 24.1 Å². The molecule has 0 unspecified atom stereocenters. The molecule has 0 spiro atoms. The van der Waals surface area contributed by atoms with Gasteiger partial charge in [-0.05, 0) is 37.8 Å². The van der Waals surface area contributed by atoms with E-state index in [0.717, 1.165) is 24.6 Å². The van der Waals surface area contributed by atoms with Crippen molar-refractivity contribution < 1.29 is 24.3 Å². The minimum atomic E-state index is -1.25. The molecule has 2 saturated heterocycles. The first-order chi connectivity index (χ1) is 17.2. The van der Waals surface area contributed by atoms with Crippen molar-refractivity contribution in [3.8, 4) is 0 Å². The van der Waals surface area contributed by atoms with Crippen molar-refractivity contribution in [1.82, 2.24) is 29.9 Å². The molecule has 3 aliphatic heterocycles. The normalized spacial score (nSPS) is 24.8. The number of carbonyl (C=O) groups excluding carboxylic acids is 3. The number of allylic oxidation sites excluding steroid dienone is 1. The van der Waals surface area contributed by atoms with Crippen LogP contribution in [0.2, 0.25) is 0 Å². The number of hydrogen-bond donors (Lipinski definition) is 2. The Labute approximate surface area is 214 Å². The van der Waals surface area contributed by atoms with Gasteiger partial charge in [0, 0.05) is 31.0 Å². The number of aromatic nitrogens is 3. The lowest BCUT2D eigenvalue weighted by Crippen LogP contribution is -2.70. The van der Waals surface area contributed by atoms with Crippen molar-refractivity contribution in [2.45, 2.75) is 48.8 Å². The molecule has 1 aliphatic carbocycles. The first kappa shape index (κ1) is 24.6. The molecule has 3 fully saturated rings. The van der Waals surface area contributed by atoms with Crippen LogP contribution in [0.15, 0.2) is 32.9 Å². The summed E-state index contributed by atoms with van der Waals surface area (Å²) in [6, 6.07) is -0.568. The van der Waals surface area contributed by atoms with Crippen molar-refractivity contribution in [3.63, 3.8) is 0 Å². The Bertz CT molecular complexity index is 1300. The van der Waals surface area contributed by atoms with E-state index < -0.39 is 34.8 Å². The molecule has 4 heterocycles. The fourth-order valence-electron chi connectivity index (χ4n) is 4.49. The van der Waals surface area contributed by atoms with Gasteiger partial charge < -0.3 is 15.3 Å². The minimum Gasteiger partial charge on any atom is -0.477 e. The van der Waals surface area contributed by atoms with E-state index in [1.807, 2.05) is 4.90 Å². The summed E-state index contributed by atoms with van der Waals surface area (Å²) in [4.78, 5) is 68.8. The number of fused-ring (bicyclic) bond motifs is 1. The fraction of sp³-hybridized carbons (Fsp3) is 0.500. The Hall–Kier alpha value is -3.13. The molecule has 12 nitrogen and oxygen atoms in total. The lowest BCUT2D eigenvalue weighted by atomic mass is 10.0. The molecule has 2 atom stereocenters. The van der Waals surface area contributed by atoms with E-state index in [2.05, 4.69) is 15.4 Å². The van der Waals surface area contributed by atoms with Crippen molar-refractivity contribution >= 4 is 47.2 Å². The number of thioether (sulfide) groups is 2. The van der Waals surface area contributed by atoms with Crippen LogP contribution in [0.4, 0.5) is 0 Å². The summed E-state index contributed by atoms with van der Waals surface area (Å²) in [6.07, 6.45) is 4.19. The predicted molar refractivity (Wildman–Crippen MR) is 130 cm³/mol. The summed E-state index contributed by atoms with van der Waals surface area (Å²) in [5, 5.41) is 16.3. The first-order valence-corrected chi connectivity index (χ1v) is 13.5. The lowest BCUT2D eigenvalue weighted by Gasteiger charge is -2.49. The second-order valence-corrected chi connectivity index (χ2v) is 11.0. The van der Waals surface area contributed by atoms with E-state index in [1.54, 1.807) is 20.0 Å². The van der Waals surface area contributed by atoms with Crippen molar-refractivity contribution in [2.24, 2.45) is 7.05 Å². The highest BCUT2D eigenvalue weighted by molar-refractivity contribution is 8.00. The molecule has 36 heavy (non-hydrogen) atoms. The third-order valence-electron chi connectivity index (χ3n) is 6.43. The average Bonchev–Trinajstić information content (AvgIpc) is 3.62. The number of carboxylic acid groups (broad SMARTS) is 1. The zero-order valence-corrected chi connectivity index (χ0v) is 21.2. The number of aryl methyl sites for hydroxylation is 2. The topological polar surface area (TPSA) is 155 Å². The highest BCUT2D eigenvalue weighted by Gasteiger charge is 2.54. The standard InChI is InChI=1S/C22H24N6O6S2/c1-10-17(30)24-22(26(2)25-10)36-9-14(29)23-15-19(32)28-16(21(33)34)12(8-35-20(15)28)7-11-5-6-27(18(11)31)13-3-4-13/h7,13,15,20H,3-6,8-9H2,1-2H3,(H,23,29)(H,33,34)/t15-,20-/m1/s1. The summed E-state index contributed by atoms with van der Waals surface area (Å²) in [5.74, 6) is -2.06. The van der Waals surface area contributed by atoms with Gasteiger partial charge in [0.2, 0.25) is 11.8 Å². The number of carboxylic acids is 1. The zero-order valence-electron chi connectivity index (χ0n) is 19.6. The molecular weight excluding hydrogens is 508 g/mol. The SMILES string of the molecule is Cc1nn(C)c(SCC(=O)N[C@@H]2C(=O)N3C(C(=O)O)=C(C=C4CCN(C5CC5)C4=O)CS[C@H]23)nc1=O. The van der Waals surface area contributed by atoms with E-state index in [1.165, 1.54) is 21.3 Å². The van der Waals surface area contributed by atoms with Crippen LogP contribution in [0.5, 0.6) is 0 Å². The van der Waals surface area contributed by atoms with Crippen molar-refractivity contribution in [2.75, 3.05) is 18.1 Å². The summed E-state index contributed by atoms with van der Waals surface area (Å²) in [6.45, 7) is 2.18. The molecule has 190 valence electrons. The summed E-state index contributed by atoms with van der Waals surface area (Å²) in [7, 11) is 1.61. The molecule has 0 radical (unpaired) electrons. The van der Waals surface area contributed by atoms with Crippen molar-refractivity contribution in [1.29, 1.82) is 0 Å². The van der Waals surface area contributed by atoms with E-state index in [-0.39, 0.29) is 28.2 Å². The van der Waals surface area contributed by atoms with Gasteiger partial charge in [0.1, 0.15) is 22.8 Å². The van der Waals surface area contributed by atoms with Gasteiger partial charge in [-0.2, -0.15) is 10.1 Å². The van der Waals surface area contributed by atoms with Crippen LogP contribution in [0.25, 0.3) is 0 Å².